The lowest BCUT2D eigenvalue weighted by atomic mass is 10.2. The Hall–Kier alpha value is -1.53. The predicted octanol–water partition coefficient (Wildman–Crippen LogP) is 5.17. The van der Waals surface area contributed by atoms with E-state index in [4.69, 9.17) is 4.74 Å². The van der Waals surface area contributed by atoms with Gasteiger partial charge < -0.3 is 10.1 Å². The second kappa shape index (κ2) is 8.53. The normalized spacial score (nSPS) is 11.9. The van der Waals surface area contributed by atoms with Gasteiger partial charge in [0, 0.05) is 10.2 Å². The molecule has 0 aliphatic rings. The van der Waals surface area contributed by atoms with Crippen LogP contribution in [0.3, 0.4) is 0 Å². The Morgan fingerprint density at radius 2 is 2.08 bits per heavy atom. The van der Waals surface area contributed by atoms with Crippen molar-refractivity contribution >= 4 is 39.3 Å². The fourth-order valence-electron chi connectivity index (χ4n) is 2.08. The summed E-state index contributed by atoms with van der Waals surface area (Å²) in [6.07, 6.45) is 0. The van der Waals surface area contributed by atoms with E-state index in [9.17, 15) is 9.18 Å². The third-order valence-electron chi connectivity index (χ3n) is 3.49. The molecule has 2 aromatic carbocycles. The van der Waals surface area contributed by atoms with Gasteiger partial charge in [0.2, 0.25) is 5.91 Å². The van der Waals surface area contributed by atoms with Crippen LogP contribution >= 0.6 is 27.7 Å². The lowest BCUT2D eigenvalue weighted by Gasteiger charge is -2.15. The van der Waals surface area contributed by atoms with Crippen molar-refractivity contribution in [1.29, 1.82) is 0 Å². The molecule has 2 rings (SSSR count). The maximum absolute atomic E-state index is 13.1. The van der Waals surface area contributed by atoms with Gasteiger partial charge >= 0.3 is 0 Å². The fraction of sp³-hybridized carbons (Fsp3) is 0.278. The van der Waals surface area contributed by atoms with Gasteiger partial charge in [0.05, 0.1) is 18.0 Å². The zero-order chi connectivity index (χ0) is 17.7. The van der Waals surface area contributed by atoms with Crippen LogP contribution in [0, 0.1) is 12.7 Å². The molecule has 1 amide bonds. The molecule has 0 aliphatic carbocycles. The number of hydrogen-bond donors (Lipinski definition) is 1. The van der Waals surface area contributed by atoms with Gasteiger partial charge in [0.1, 0.15) is 11.6 Å². The number of nitrogens with one attached hydrogen (secondary N) is 1. The number of hydrogen-bond acceptors (Lipinski definition) is 3. The summed E-state index contributed by atoms with van der Waals surface area (Å²) in [7, 11) is 1.57. The highest BCUT2D eigenvalue weighted by atomic mass is 79.9. The first kappa shape index (κ1) is 18.8. The molecular weight excluding hydrogens is 393 g/mol. The van der Waals surface area contributed by atoms with Crippen molar-refractivity contribution in [3.63, 3.8) is 0 Å². The monoisotopic (exact) mass is 411 g/mol. The fourth-order valence-corrected chi connectivity index (χ4v) is 3.65. The third-order valence-corrected chi connectivity index (χ3v) is 5.42. The predicted molar refractivity (Wildman–Crippen MR) is 101 cm³/mol. The molecule has 0 bridgehead atoms. The average Bonchev–Trinajstić information content (AvgIpc) is 2.54. The summed E-state index contributed by atoms with van der Waals surface area (Å²) in [6.45, 7) is 3.80. The molecule has 0 saturated carbocycles. The largest absolute Gasteiger partial charge is 0.495 e. The van der Waals surface area contributed by atoms with Gasteiger partial charge in [-0.1, -0.05) is 28.1 Å². The molecule has 0 radical (unpaired) electrons. The summed E-state index contributed by atoms with van der Waals surface area (Å²) in [4.78, 5) is 12.4. The number of carbonyl (C=O) groups excluding carboxylic acids is 1. The van der Waals surface area contributed by atoms with Gasteiger partial charge in [-0.3, -0.25) is 4.79 Å². The van der Waals surface area contributed by atoms with Crippen molar-refractivity contribution in [2.24, 2.45) is 0 Å². The van der Waals surface area contributed by atoms with Gasteiger partial charge in [0.15, 0.2) is 0 Å². The molecule has 1 N–H and O–H groups in total. The summed E-state index contributed by atoms with van der Waals surface area (Å²) in [5, 5.41) is 2.65. The van der Waals surface area contributed by atoms with E-state index in [1.54, 1.807) is 13.2 Å². The highest BCUT2D eigenvalue weighted by molar-refractivity contribution is 9.10. The van der Waals surface area contributed by atoms with Gasteiger partial charge in [-0.25, -0.2) is 4.39 Å². The van der Waals surface area contributed by atoms with E-state index in [-0.39, 0.29) is 17.0 Å². The average molecular weight is 412 g/mol. The maximum atomic E-state index is 13.1. The molecule has 0 fully saturated rings. The first-order valence-corrected chi connectivity index (χ1v) is 9.26. The number of ether oxygens (including phenoxy) is 1. The van der Waals surface area contributed by atoms with Crippen LogP contribution in [-0.4, -0.2) is 18.3 Å². The summed E-state index contributed by atoms with van der Waals surface area (Å²) in [5.74, 6) is 0.864. The van der Waals surface area contributed by atoms with Crippen LogP contribution in [0.1, 0.15) is 18.1 Å². The van der Waals surface area contributed by atoms with Crippen LogP contribution in [-0.2, 0) is 10.5 Å². The van der Waals surface area contributed by atoms with Crippen molar-refractivity contribution in [3.05, 3.63) is 57.8 Å². The molecule has 1 atom stereocenters. The lowest BCUT2D eigenvalue weighted by molar-refractivity contribution is -0.115. The molecule has 24 heavy (non-hydrogen) atoms. The Balaban J connectivity index is 1.98. The van der Waals surface area contributed by atoms with Crippen LogP contribution in [0.25, 0.3) is 0 Å². The molecule has 0 aliphatic heterocycles. The Kier molecular flexibility index (Phi) is 6.69. The van der Waals surface area contributed by atoms with Crippen molar-refractivity contribution in [3.8, 4) is 5.75 Å². The van der Waals surface area contributed by atoms with Crippen LogP contribution in [0.15, 0.2) is 40.9 Å². The van der Waals surface area contributed by atoms with E-state index < -0.39 is 0 Å². The second-order valence-electron chi connectivity index (χ2n) is 5.38. The summed E-state index contributed by atoms with van der Waals surface area (Å²) in [6, 6.07) is 10.2. The molecule has 0 saturated heterocycles. The molecule has 0 spiro atoms. The first-order valence-electron chi connectivity index (χ1n) is 7.41. The molecule has 2 aromatic rings. The van der Waals surface area contributed by atoms with Gasteiger partial charge in [-0.05, 0) is 49.2 Å². The second-order valence-corrected chi connectivity index (χ2v) is 7.57. The number of benzene rings is 2. The highest BCUT2D eigenvalue weighted by Crippen LogP contribution is 2.28. The molecule has 3 nitrogen and oxygen atoms in total. The van der Waals surface area contributed by atoms with Gasteiger partial charge in [-0.15, -0.1) is 11.8 Å². The Bertz CT molecular complexity index is 739. The Morgan fingerprint density at radius 1 is 1.33 bits per heavy atom. The zero-order valence-electron chi connectivity index (χ0n) is 13.7. The number of aryl methyl sites for hydroxylation is 1. The summed E-state index contributed by atoms with van der Waals surface area (Å²) in [5.41, 5.74) is 2.66. The highest BCUT2D eigenvalue weighted by Gasteiger charge is 2.16. The molecule has 0 heterocycles. The van der Waals surface area contributed by atoms with Crippen LogP contribution in [0.4, 0.5) is 10.1 Å². The molecule has 1 unspecified atom stereocenters. The Labute approximate surface area is 154 Å². The maximum Gasteiger partial charge on any atom is 0.237 e. The number of halogens is 2. The van der Waals surface area contributed by atoms with Crippen LogP contribution in [0.5, 0.6) is 5.75 Å². The minimum atomic E-state index is -0.284. The molecular formula is C18H19BrFNO2S. The summed E-state index contributed by atoms with van der Waals surface area (Å²) >= 11 is 4.83. The number of rotatable bonds is 6. The number of methoxy groups -OCH3 is 1. The topological polar surface area (TPSA) is 38.3 Å². The smallest absolute Gasteiger partial charge is 0.237 e. The number of thioether (sulfide) groups is 1. The minimum Gasteiger partial charge on any atom is -0.495 e. The third kappa shape index (κ3) is 4.98. The van der Waals surface area contributed by atoms with Gasteiger partial charge in [0.25, 0.3) is 0 Å². The number of amides is 1. The Morgan fingerprint density at radius 3 is 2.75 bits per heavy atom. The SMILES string of the molecule is COc1ccc(C)cc1NC(=O)C(C)SCc1ccc(F)cc1Br. The molecule has 0 aromatic heterocycles. The zero-order valence-corrected chi connectivity index (χ0v) is 16.1. The number of carbonyl (C=O) groups is 1. The molecule has 6 heteroatoms. The van der Waals surface area contributed by atoms with Crippen molar-refractivity contribution < 1.29 is 13.9 Å². The van der Waals surface area contributed by atoms with E-state index >= 15 is 0 Å². The van der Waals surface area contributed by atoms with E-state index in [0.717, 1.165) is 11.1 Å². The standard InChI is InChI=1S/C18H19BrFNO2S/c1-11-4-7-17(23-3)16(8-11)21-18(22)12(2)24-10-13-5-6-14(20)9-15(13)19/h4-9,12H,10H2,1-3H3,(H,21,22). The lowest BCUT2D eigenvalue weighted by Crippen LogP contribution is -2.23. The quantitative estimate of drug-likeness (QED) is 0.712. The number of anilines is 1. The van der Waals surface area contributed by atoms with Crippen molar-refractivity contribution in [2.75, 3.05) is 12.4 Å². The van der Waals surface area contributed by atoms with E-state index in [1.807, 2.05) is 32.0 Å². The van der Waals surface area contributed by atoms with Crippen molar-refractivity contribution in [2.45, 2.75) is 24.9 Å². The van der Waals surface area contributed by atoms with E-state index in [0.29, 0.717) is 21.7 Å². The van der Waals surface area contributed by atoms with Crippen LogP contribution < -0.4 is 10.1 Å². The molecule has 128 valence electrons. The minimum absolute atomic E-state index is 0.0952. The van der Waals surface area contributed by atoms with Crippen LogP contribution in [0.2, 0.25) is 0 Å². The van der Waals surface area contributed by atoms with E-state index in [2.05, 4.69) is 21.2 Å². The van der Waals surface area contributed by atoms with Gasteiger partial charge in [-0.2, -0.15) is 0 Å². The van der Waals surface area contributed by atoms with E-state index in [1.165, 1.54) is 23.9 Å². The first-order chi connectivity index (χ1) is 11.4. The van der Waals surface area contributed by atoms with Crippen molar-refractivity contribution in [1.82, 2.24) is 0 Å². The summed E-state index contributed by atoms with van der Waals surface area (Å²) < 4.78 is 19.1.